The fraction of sp³-hybridized carbons (Fsp3) is 0.611. The summed E-state index contributed by atoms with van der Waals surface area (Å²) in [6, 6.07) is 6.58. The highest BCUT2D eigenvalue weighted by molar-refractivity contribution is 5.88. The normalized spacial score (nSPS) is 23.6. The van der Waals surface area contributed by atoms with E-state index < -0.39 is 5.41 Å². The van der Waals surface area contributed by atoms with Crippen LogP contribution in [0.2, 0.25) is 0 Å². The second-order valence-corrected chi connectivity index (χ2v) is 6.70. The highest BCUT2D eigenvalue weighted by Gasteiger charge is 2.42. The third-order valence-corrected chi connectivity index (χ3v) is 5.27. The first-order valence-corrected chi connectivity index (χ1v) is 8.46. The van der Waals surface area contributed by atoms with Gasteiger partial charge < -0.3 is 10.6 Å². The molecule has 1 unspecified atom stereocenters. The number of amides is 1. The predicted octanol–water partition coefficient (Wildman–Crippen LogP) is 2.75. The van der Waals surface area contributed by atoms with Gasteiger partial charge in [-0.3, -0.25) is 4.79 Å². The van der Waals surface area contributed by atoms with Gasteiger partial charge in [-0.15, -0.1) is 0 Å². The Hall–Kier alpha value is -1.42. The summed E-state index contributed by atoms with van der Waals surface area (Å²) in [5.41, 5.74) is 0.320. The molecule has 1 aliphatic carbocycles. The number of halogens is 1. The van der Waals surface area contributed by atoms with Gasteiger partial charge in [-0.2, -0.15) is 0 Å². The van der Waals surface area contributed by atoms with Crippen molar-refractivity contribution in [2.75, 3.05) is 19.6 Å². The van der Waals surface area contributed by atoms with Gasteiger partial charge in [0.05, 0.1) is 5.41 Å². The maximum Gasteiger partial charge on any atom is 0.230 e. The van der Waals surface area contributed by atoms with E-state index in [0.29, 0.717) is 5.92 Å². The zero-order valence-electron chi connectivity index (χ0n) is 13.0. The monoisotopic (exact) mass is 304 g/mol. The van der Waals surface area contributed by atoms with Crippen LogP contribution in [-0.2, 0) is 10.2 Å². The highest BCUT2D eigenvalue weighted by atomic mass is 19.1. The number of carbonyl (C=O) groups is 1. The summed E-state index contributed by atoms with van der Waals surface area (Å²) >= 11 is 0. The molecule has 2 fully saturated rings. The van der Waals surface area contributed by atoms with Crippen LogP contribution in [0.15, 0.2) is 24.3 Å². The molecule has 4 heteroatoms. The maximum atomic E-state index is 13.6. The van der Waals surface area contributed by atoms with Gasteiger partial charge in [-0.25, -0.2) is 4.39 Å². The minimum atomic E-state index is -0.518. The van der Waals surface area contributed by atoms with Crippen molar-refractivity contribution in [3.05, 3.63) is 35.6 Å². The van der Waals surface area contributed by atoms with Gasteiger partial charge in [-0.05, 0) is 62.4 Å². The Morgan fingerprint density at radius 2 is 2.18 bits per heavy atom. The molecule has 3 rings (SSSR count). The minimum absolute atomic E-state index is 0.0848. The van der Waals surface area contributed by atoms with Gasteiger partial charge in [-0.1, -0.05) is 25.0 Å². The van der Waals surface area contributed by atoms with E-state index >= 15 is 0 Å². The smallest absolute Gasteiger partial charge is 0.230 e. The summed E-state index contributed by atoms with van der Waals surface area (Å²) < 4.78 is 13.6. The van der Waals surface area contributed by atoms with Crippen molar-refractivity contribution in [1.29, 1.82) is 0 Å². The third kappa shape index (κ3) is 3.17. The molecular weight excluding hydrogens is 279 g/mol. The number of hydrogen-bond donors (Lipinski definition) is 2. The van der Waals surface area contributed by atoms with Crippen molar-refractivity contribution in [2.24, 2.45) is 5.92 Å². The fourth-order valence-corrected chi connectivity index (χ4v) is 3.93. The molecule has 2 aliphatic rings. The molecule has 22 heavy (non-hydrogen) atoms. The topological polar surface area (TPSA) is 41.1 Å². The first-order valence-electron chi connectivity index (χ1n) is 8.46. The summed E-state index contributed by atoms with van der Waals surface area (Å²) in [6.45, 7) is 2.87. The van der Waals surface area contributed by atoms with Crippen LogP contribution in [-0.4, -0.2) is 25.5 Å². The van der Waals surface area contributed by atoms with E-state index in [1.807, 2.05) is 6.07 Å². The zero-order valence-corrected chi connectivity index (χ0v) is 13.0. The van der Waals surface area contributed by atoms with E-state index in [4.69, 9.17) is 0 Å². The number of rotatable bonds is 5. The molecule has 1 saturated heterocycles. The van der Waals surface area contributed by atoms with Crippen molar-refractivity contribution in [2.45, 2.75) is 43.9 Å². The molecule has 1 atom stereocenters. The molecule has 1 saturated carbocycles. The maximum absolute atomic E-state index is 13.6. The molecule has 2 N–H and O–H groups in total. The number of hydrogen-bond acceptors (Lipinski definition) is 2. The molecule has 0 aromatic heterocycles. The summed E-state index contributed by atoms with van der Waals surface area (Å²) in [4.78, 5) is 12.8. The minimum Gasteiger partial charge on any atom is -0.355 e. The van der Waals surface area contributed by atoms with Gasteiger partial charge in [0.2, 0.25) is 5.91 Å². The van der Waals surface area contributed by atoms with Gasteiger partial charge in [0.15, 0.2) is 0 Å². The van der Waals surface area contributed by atoms with Gasteiger partial charge >= 0.3 is 0 Å². The van der Waals surface area contributed by atoms with Crippen molar-refractivity contribution >= 4 is 5.91 Å². The quantitative estimate of drug-likeness (QED) is 0.878. The predicted molar refractivity (Wildman–Crippen MR) is 85.1 cm³/mol. The Kier molecular flexibility index (Phi) is 4.77. The molecule has 3 nitrogen and oxygen atoms in total. The second kappa shape index (κ2) is 6.78. The van der Waals surface area contributed by atoms with Crippen molar-refractivity contribution in [3.63, 3.8) is 0 Å². The SMILES string of the molecule is O=C(NCCC1CCNC1)C1(c2cccc(F)c2)CCCC1. The first kappa shape index (κ1) is 15.5. The largest absolute Gasteiger partial charge is 0.355 e. The Morgan fingerprint density at radius 1 is 1.36 bits per heavy atom. The summed E-state index contributed by atoms with van der Waals surface area (Å²) in [5, 5.41) is 6.47. The van der Waals surface area contributed by atoms with E-state index in [0.717, 1.165) is 57.3 Å². The van der Waals surface area contributed by atoms with E-state index in [2.05, 4.69) is 10.6 Å². The van der Waals surface area contributed by atoms with Crippen LogP contribution >= 0.6 is 0 Å². The lowest BCUT2D eigenvalue weighted by Gasteiger charge is -2.28. The molecule has 120 valence electrons. The van der Waals surface area contributed by atoms with Crippen LogP contribution in [0.4, 0.5) is 4.39 Å². The van der Waals surface area contributed by atoms with E-state index in [-0.39, 0.29) is 11.7 Å². The van der Waals surface area contributed by atoms with Crippen LogP contribution in [0.1, 0.15) is 44.1 Å². The second-order valence-electron chi connectivity index (χ2n) is 6.70. The molecule has 0 spiro atoms. The zero-order chi connectivity index (χ0) is 15.4. The molecule has 0 radical (unpaired) electrons. The Labute approximate surface area is 131 Å². The number of benzene rings is 1. The fourth-order valence-electron chi connectivity index (χ4n) is 3.93. The van der Waals surface area contributed by atoms with Crippen LogP contribution in [0.25, 0.3) is 0 Å². The Morgan fingerprint density at radius 3 is 2.86 bits per heavy atom. The highest BCUT2D eigenvalue weighted by Crippen LogP contribution is 2.41. The Balaban J connectivity index is 1.66. The van der Waals surface area contributed by atoms with Crippen LogP contribution in [0, 0.1) is 11.7 Å². The molecule has 0 bridgehead atoms. The standard InChI is InChI=1S/C18H25FN2O/c19-16-5-3-4-15(12-16)18(8-1-2-9-18)17(22)21-11-7-14-6-10-20-13-14/h3-5,12,14,20H,1-2,6-11,13H2,(H,21,22). The van der Waals surface area contributed by atoms with Crippen LogP contribution in [0.5, 0.6) is 0 Å². The van der Waals surface area contributed by atoms with E-state index in [9.17, 15) is 9.18 Å². The summed E-state index contributed by atoms with van der Waals surface area (Å²) in [5.74, 6) is 0.504. The lowest BCUT2D eigenvalue weighted by molar-refractivity contribution is -0.126. The molecule has 1 aliphatic heterocycles. The number of carbonyl (C=O) groups excluding carboxylic acids is 1. The molecule has 1 heterocycles. The summed E-state index contributed by atoms with van der Waals surface area (Å²) in [7, 11) is 0. The lowest BCUT2D eigenvalue weighted by atomic mass is 9.78. The third-order valence-electron chi connectivity index (χ3n) is 5.27. The van der Waals surface area contributed by atoms with Crippen molar-refractivity contribution in [3.8, 4) is 0 Å². The van der Waals surface area contributed by atoms with Crippen LogP contribution < -0.4 is 10.6 Å². The van der Waals surface area contributed by atoms with Crippen LogP contribution in [0.3, 0.4) is 0 Å². The molecule has 1 aromatic rings. The average molecular weight is 304 g/mol. The molecule has 1 amide bonds. The van der Waals surface area contributed by atoms with Gasteiger partial charge in [0.25, 0.3) is 0 Å². The van der Waals surface area contributed by atoms with Gasteiger partial charge in [0.1, 0.15) is 5.82 Å². The first-order chi connectivity index (χ1) is 10.7. The number of nitrogens with one attached hydrogen (secondary N) is 2. The molecule has 1 aromatic carbocycles. The van der Waals surface area contributed by atoms with Gasteiger partial charge in [0, 0.05) is 6.54 Å². The summed E-state index contributed by atoms with van der Waals surface area (Å²) in [6.07, 6.45) is 5.95. The van der Waals surface area contributed by atoms with E-state index in [1.165, 1.54) is 18.6 Å². The Bertz CT molecular complexity index is 520. The van der Waals surface area contributed by atoms with E-state index in [1.54, 1.807) is 6.07 Å². The van der Waals surface area contributed by atoms with Crippen molar-refractivity contribution < 1.29 is 9.18 Å². The van der Waals surface area contributed by atoms with Crippen molar-refractivity contribution in [1.82, 2.24) is 10.6 Å². The molecular formula is C18H25FN2O. The lowest BCUT2D eigenvalue weighted by Crippen LogP contribution is -2.43. The average Bonchev–Trinajstić information content (AvgIpc) is 3.19.